The molecular formula is C18H27N3O2. The predicted molar refractivity (Wildman–Crippen MR) is 91.3 cm³/mol. The molecule has 0 bridgehead atoms. The van der Waals surface area contributed by atoms with Gasteiger partial charge in [0.15, 0.2) is 0 Å². The average Bonchev–Trinajstić information content (AvgIpc) is 2.59. The van der Waals surface area contributed by atoms with E-state index in [0.29, 0.717) is 18.7 Å². The molecule has 0 saturated carbocycles. The highest BCUT2D eigenvalue weighted by Crippen LogP contribution is 2.32. The molecule has 1 N–H and O–H groups in total. The van der Waals surface area contributed by atoms with Gasteiger partial charge in [-0.1, -0.05) is 18.2 Å². The Morgan fingerprint density at radius 1 is 1.30 bits per heavy atom. The Hall–Kier alpha value is -1.88. The van der Waals surface area contributed by atoms with Crippen molar-refractivity contribution in [1.82, 2.24) is 15.1 Å². The van der Waals surface area contributed by atoms with E-state index in [1.165, 1.54) is 0 Å². The highest BCUT2D eigenvalue weighted by molar-refractivity contribution is 5.95. The molecule has 1 aliphatic heterocycles. The van der Waals surface area contributed by atoms with E-state index in [2.05, 4.69) is 5.32 Å². The molecule has 0 aromatic heterocycles. The summed E-state index contributed by atoms with van der Waals surface area (Å²) in [6.07, 6.45) is 1.69. The first-order valence-corrected chi connectivity index (χ1v) is 8.22. The summed E-state index contributed by atoms with van der Waals surface area (Å²) in [5, 5.41) is 3.06. The Morgan fingerprint density at radius 2 is 2.00 bits per heavy atom. The molecule has 1 aliphatic rings. The number of likely N-dealkylation sites (N-methyl/N-ethyl adjacent to an activating group) is 2. The molecule has 1 unspecified atom stereocenters. The summed E-state index contributed by atoms with van der Waals surface area (Å²) in [7, 11) is 3.71. The van der Waals surface area contributed by atoms with Gasteiger partial charge in [0.2, 0.25) is 5.91 Å². The quantitative estimate of drug-likeness (QED) is 0.897. The lowest BCUT2D eigenvalue weighted by Crippen LogP contribution is -2.52. The molecule has 0 spiro atoms. The van der Waals surface area contributed by atoms with Crippen LogP contribution >= 0.6 is 0 Å². The van der Waals surface area contributed by atoms with Gasteiger partial charge in [-0.05, 0) is 38.9 Å². The first kappa shape index (κ1) is 17.5. The molecule has 1 fully saturated rings. The molecule has 1 atom stereocenters. The van der Waals surface area contributed by atoms with Crippen LogP contribution in [0.5, 0.6) is 0 Å². The summed E-state index contributed by atoms with van der Waals surface area (Å²) >= 11 is 0. The lowest BCUT2D eigenvalue weighted by Gasteiger charge is -2.41. The molecule has 0 aliphatic carbocycles. The van der Waals surface area contributed by atoms with E-state index >= 15 is 0 Å². The SMILES string of the molecule is CNCCN(C)C(=O)C1(C)CCCN(C(=O)c2ccccc2)C1. The Morgan fingerprint density at radius 3 is 2.65 bits per heavy atom. The second-order valence-electron chi connectivity index (χ2n) is 6.59. The third-order valence-electron chi connectivity index (χ3n) is 4.56. The standard InChI is InChI=1S/C18H27N3O2/c1-18(17(23)20(3)13-11-19-2)10-7-12-21(14-18)16(22)15-8-5-4-6-9-15/h4-6,8-9,19H,7,10-14H2,1-3H3. The summed E-state index contributed by atoms with van der Waals surface area (Å²) in [5.41, 5.74) is 0.193. The minimum absolute atomic E-state index is 0.0159. The van der Waals surface area contributed by atoms with E-state index in [9.17, 15) is 9.59 Å². The largest absolute Gasteiger partial charge is 0.344 e. The van der Waals surface area contributed by atoms with Gasteiger partial charge in [0.1, 0.15) is 0 Å². The van der Waals surface area contributed by atoms with Crippen molar-refractivity contribution in [3.8, 4) is 0 Å². The maximum Gasteiger partial charge on any atom is 0.253 e. The van der Waals surface area contributed by atoms with Crippen LogP contribution in [0.1, 0.15) is 30.1 Å². The van der Waals surface area contributed by atoms with E-state index < -0.39 is 5.41 Å². The third kappa shape index (κ3) is 4.10. The van der Waals surface area contributed by atoms with E-state index in [0.717, 1.165) is 25.9 Å². The molecule has 1 aromatic carbocycles. The number of likely N-dealkylation sites (tertiary alicyclic amines) is 1. The lowest BCUT2D eigenvalue weighted by molar-refractivity contribution is -0.142. The van der Waals surface area contributed by atoms with Crippen LogP contribution < -0.4 is 5.32 Å². The Balaban J connectivity index is 2.07. The molecule has 1 heterocycles. The minimum atomic E-state index is -0.495. The van der Waals surface area contributed by atoms with Crippen molar-refractivity contribution in [2.75, 3.05) is 40.3 Å². The van der Waals surface area contributed by atoms with Crippen LogP contribution in [0.3, 0.4) is 0 Å². The van der Waals surface area contributed by atoms with Crippen molar-refractivity contribution in [3.63, 3.8) is 0 Å². The van der Waals surface area contributed by atoms with Crippen molar-refractivity contribution >= 4 is 11.8 Å². The zero-order valence-corrected chi connectivity index (χ0v) is 14.3. The van der Waals surface area contributed by atoms with E-state index in [1.54, 1.807) is 4.90 Å². The zero-order valence-electron chi connectivity index (χ0n) is 14.3. The van der Waals surface area contributed by atoms with Gasteiger partial charge in [-0.3, -0.25) is 9.59 Å². The fraction of sp³-hybridized carbons (Fsp3) is 0.556. The van der Waals surface area contributed by atoms with Crippen molar-refractivity contribution in [2.45, 2.75) is 19.8 Å². The molecule has 23 heavy (non-hydrogen) atoms. The summed E-state index contributed by atoms with van der Waals surface area (Å²) in [4.78, 5) is 29.0. The molecule has 1 aromatic rings. The monoisotopic (exact) mass is 317 g/mol. The fourth-order valence-electron chi connectivity index (χ4n) is 3.19. The van der Waals surface area contributed by atoms with Crippen LogP contribution in [0.15, 0.2) is 30.3 Å². The van der Waals surface area contributed by atoms with E-state index in [1.807, 2.05) is 56.3 Å². The Bertz CT molecular complexity index is 546. The van der Waals surface area contributed by atoms with Gasteiger partial charge in [0, 0.05) is 38.8 Å². The van der Waals surface area contributed by atoms with Gasteiger partial charge < -0.3 is 15.1 Å². The van der Waals surface area contributed by atoms with Gasteiger partial charge in [0.25, 0.3) is 5.91 Å². The lowest BCUT2D eigenvalue weighted by atomic mass is 9.80. The van der Waals surface area contributed by atoms with Gasteiger partial charge in [-0.15, -0.1) is 0 Å². The van der Waals surface area contributed by atoms with Crippen molar-refractivity contribution in [1.29, 1.82) is 0 Å². The summed E-state index contributed by atoms with van der Waals surface area (Å²) < 4.78 is 0. The zero-order chi connectivity index (χ0) is 16.9. The molecule has 126 valence electrons. The number of benzene rings is 1. The van der Waals surface area contributed by atoms with Crippen LogP contribution in [0.4, 0.5) is 0 Å². The van der Waals surface area contributed by atoms with Gasteiger partial charge in [-0.2, -0.15) is 0 Å². The molecule has 2 amide bonds. The van der Waals surface area contributed by atoms with Gasteiger partial charge in [-0.25, -0.2) is 0 Å². The maximum atomic E-state index is 12.8. The van der Waals surface area contributed by atoms with Crippen LogP contribution in [0.25, 0.3) is 0 Å². The average molecular weight is 317 g/mol. The predicted octanol–water partition coefficient (Wildman–Crippen LogP) is 1.61. The maximum absolute atomic E-state index is 12.8. The molecule has 5 nitrogen and oxygen atoms in total. The third-order valence-corrected chi connectivity index (χ3v) is 4.56. The second-order valence-corrected chi connectivity index (χ2v) is 6.59. The summed E-state index contributed by atoms with van der Waals surface area (Å²) in [5.74, 6) is 0.139. The topological polar surface area (TPSA) is 52.7 Å². The smallest absolute Gasteiger partial charge is 0.253 e. The highest BCUT2D eigenvalue weighted by Gasteiger charge is 2.40. The van der Waals surface area contributed by atoms with Crippen LogP contribution in [0.2, 0.25) is 0 Å². The number of rotatable bonds is 5. The number of nitrogens with zero attached hydrogens (tertiary/aromatic N) is 2. The van der Waals surface area contributed by atoms with Gasteiger partial charge in [0.05, 0.1) is 5.41 Å². The highest BCUT2D eigenvalue weighted by atomic mass is 16.2. The van der Waals surface area contributed by atoms with Crippen LogP contribution in [-0.4, -0.2) is 61.9 Å². The number of nitrogens with one attached hydrogen (secondary N) is 1. The number of carbonyl (C=O) groups is 2. The molecule has 5 heteroatoms. The number of amides is 2. The van der Waals surface area contributed by atoms with Crippen molar-refractivity contribution < 1.29 is 9.59 Å². The number of piperidine rings is 1. The van der Waals surface area contributed by atoms with Crippen molar-refractivity contribution in [2.24, 2.45) is 5.41 Å². The fourth-order valence-corrected chi connectivity index (χ4v) is 3.19. The van der Waals surface area contributed by atoms with Crippen LogP contribution in [-0.2, 0) is 4.79 Å². The number of hydrogen-bond acceptors (Lipinski definition) is 3. The summed E-state index contributed by atoms with van der Waals surface area (Å²) in [6.45, 7) is 4.64. The Kier molecular flexibility index (Phi) is 5.77. The number of hydrogen-bond donors (Lipinski definition) is 1. The molecule has 0 radical (unpaired) electrons. The number of carbonyl (C=O) groups excluding carboxylic acids is 2. The summed E-state index contributed by atoms with van der Waals surface area (Å²) in [6, 6.07) is 9.29. The van der Waals surface area contributed by atoms with E-state index in [4.69, 9.17) is 0 Å². The normalized spacial score (nSPS) is 21.1. The molecule has 2 rings (SSSR count). The van der Waals surface area contributed by atoms with Crippen molar-refractivity contribution in [3.05, 3.63) is 35.9 Å². The first-order chi connectivity index (χ1) is 11.0. The van der Waals surface area contributed by atoms with Gasteiger partial charge >= 0.3 is 0 Å². The minimum Gasteiger partial charge on any atom is -0.344 e. The first-order valence-electron chi connectivity index (χ1n) is 8.22. The van der Waals surface area contributed by atoms with E-state index in [-0.39, 0.29) is 11.8 Å². The Labute approximate surface area is 138 Å². The van der Waals surface area contributed by atoms with Crippen LogP contribution in [0, 0.1) is 5.41 Å². The molecule has 1 saturated heterocycles. The second kappa shape index (κ2) is 7.59. The molecular weight excluding hydrogens is 290 g/mol.